The van der Waals surface area contributed by atoms with Crippen molar-refractivity contribution in [2.45, 2.75) is 37.1 Å². The topological polar surface area (TPSA) is 222 Å². The van der Waals surface area contributed by atoms with Crippen molar-refractivity contribution >= 4 is 23.2 Å². The molecule has 5 unspecified atom stereocenters. The van der Waals surface area contributed by atoms with Gasteiger partial charge >= 0.3 is 5.69 Å². The Labute approximate surface area is 179 Å². The molecule has 3 aliphatic carbocycles. The molecule has 1 aromatic carbocycles. The molecule has 1 amide bonds. The first kappa shape index (κ1) is 21.9. The second-order valence-electron chi connectivity index (χ2n) is 8.67. The molecule has 1 fully saturated rings. The van der Waals surface area contributed by atoms with Gasteiger partial charge in [0.05, 0.1) is 22.0 Å². The van der Waals surface area contributed by atoms with Crippen LogP contribution in [0.15, 0.2) is 23.5 Å². The zero-order valence-corrected chi connectivity index (χ0v) is 16.7. The molecule has 12 nitrogen and oxygen atoms in total. The number of nitro groups is 1. The van der Waals surface area contributed by atoms with Crippen molar-refractivity contribution in [3.05, 3.63) is 44.7 Å². The number of phenolic OH excluding ortho intramolecular Hbond substituents is 1. The van der Waals surface area contributed by atoms with Crippen molar-refractivity contribution in [2.75, 3.05) is 0 Å². The van der Waals surface area contributed by atoms with E-state index in [9.17, 15) is 50.0 Å². The Morgan fingerprint density at radius 2 is 1.88 bits per heavy atom. The Balaban J connectivity index is 1.94. The van der Waals surface area contributed by atoms with Crippen LogP contribution in [0, 0.1) is 27.9 Å². The summed E-state index contributed by atoms with van der Waals surface area (Å²) in [5.74, 6) is -9.23. The van der Waals surface area contributed by atoms with E-state index < -0.39 is 92.2 Å². The zero-order valence-electron chi connectivity index (χ0n) is 16.7. The van der Waals surface area contributed by atoms with Crippen LogP contribution in [0.2, 0.25) is 0 Å². The minimum Gasteiger partial charge on any atom is -0.508 e. The summed E-state index contributed by atoms with van der Waals surface area (Å²) in [6.45, 7) is 1.29. The number of carbonyl (C=O) groups is 3. The molecular weight excluding hydrogens is 428 g/mol. The number of primary amides is 1. The van der Waals surface area contributed by atoms with Crippen LogP contribution in [0.5, 0.6) is 5.75 Å². The molecule has 1 aromatic rings. The van der Waals surface area contributed by atoms with Crippen LogP contribution >= 0.6 is 0 Å². The molecule has 0 aliphatic heterocycles. The van der Waals surface area contributed by atoms with Gasteiger partial charge in [0.15, 0.2) is 17.2 Å². The summed E-state index contributed by atoms with van der Waals surface area (Å²) in [6, 6.07) is 2.06. The molecule has 4 rings (SSSR count). The van der Waals surface area contributed by atoms with E-state index in [1.54, 1.807) is 0 Å². The number of aliphatic hydroxyl groups is 4. The van der Waals surface area contributed by atoms with E-state index in [2.05, 4.69) is 0 Å². The Hall–Kier alpha value is -3.35. The summed E-state index contributed by atoms with van der Waals surface area (Å²) in [5.41, 5.74) is -1.77. The summed E-state index contributed by atoms with van der Waals surface area (Å²) >= 11 is 0. The van der Waals surface area contributed by atoms with Gasteiger partial charge in [0.1, 0.15) is 17.4 Å². The highest BCUT2D eigenvalue weighted by atomic mass is 16.6. The fourth-order valence-electron chi connectivity index (χ4n) is 5.52. The lowest BCUT2D eigenvalue weighted by molar-refractivity contribution is -0.385. The van der Waals surface area contributed by atoms with Gasteiger partial charge in [-0.15, -0.1) is 0 Å². The number of fused-ring (bicyclic) bond motifs is 3. The van der Waals surface area contributed by atoms with Gasteiger partial charge in [-0.1, -0.05) is 0 Å². The number of phenols is 1. The first-order chi connectivity index (χ1) is 14.8. The summed E-state index contributed by atoms with van der Waals surface area (Å²) in [6.07, 6.45) is -2.84. The number of carbonyl (C=O) groups excluding carboxylic acids is 3. The number of nitrogens with two attached hydrogens (primary N) is 1. The summed E-state index contributed by atoms with van der Waals surface area (Å²) < 4.78 is 0. The van der Waals surface area contributed by atoms with Crippen LogP contribution in [0.1, 0.15) is 35.7 Å². The maximum atomic E-state index is 13.3. The van der Waals surface area contributed by atoms with Gasteiger partial charge < -0.3 is 31.3 Å². The van der Waals surface area contributed by atoms with E-state index in [0.717, 1.165) is 12.1 Å². The predicted molar refractivity (Wildman–Crippen MR) is 103 cm³/mol. The number of ketones is 2. The highest BCUT2D eigenvalue weighted by Crippen LogP contribution is 2.58. The first-order valence-corrected chi connectivity index (χ1v) is 9.70. The molecule has 7 N–H and O–H groups in total. The van der Waals surface area contributed by atoms with Crippen molar-refractivity contribution in [1.82, 2.24) is 0 Å². The van der Waals surface area contributed by atoms with Crippen LogP contribution in [0.25, 0.3) is 0 Å². The molecule has 0 bridgehead atoms. The monoisotopic (exact) mass is 448 g/mol. The SMILES string of the molecule is C[C@@]1(O)c2ccc([N+](=O)[O-])c(O)c2C(=O)C2C(O)C3(O)C(O)=C(C(N)=O)C(=O)CC3CC21. The Bertz CT molecular complexity index is 1140. The number of aromatic hydroxyl groups is 1. The molecule has 0 aromatic heterocycles. The average molecular weight is 448 g/mol. The quantitative estimate of drug-likeness (QED) is 0.190. The number of nitro benzene ring substituents is 1. The third kappa shape index (κ3) is 2.51. The van der Waals surface area contributed by atoms with Crippen molar-refractivity contribution < 1.29 is 44.8 Å². The molecule has 0 radical (unpaired) electrons. The first-order valence-electron chi connectivity index (χ1n) is 9.70. The van der Waals surface area contributed by atoms with Gasteiger partial charge in [-0.3, -0.25) is 24.5 Å². The second kappa shape index (κ2) is 6.58. The van der Waals surface area contributed by atoms with Crippen LogP contribution in [-0.2, 0) is 15.2 Å². The lowest BCUT2D eigenvalue weighted by Crippen LogP contribution is -2.66. The molecule has 12 heteroatoms. The largest absolute Gasteiger partial charge is 0.508 e. The normalized spacial score (nSPS) is 36.2. The van der Waals surface area contributed by atoms with Crippen LogP contribution in [0.4, 0.5) is 5.69 Å². The molecule has 0 heterocycles. The molecular formula is C20H20N2O10. The number of hydrogen-bond acceptors (Lipinski definition) is 10. The summed E-state index contributed by atoms with van der Waals surface area (Å²) in [4.78, 5) is 47.6. The fourth-order valence-corrected chi connectivity index (χ4v) is 5.52. The molecule has 1 saturated carbocycles. The lowest BCUT2D eigenvalue weighted by Gasteiger charge is -2.55. The number of benzene rings is 1. The summed E-state index contributed by atoms with van der Waals surface area (Å²) in [7, 11) is 0. The standard InChI is InChI=1S/C20H20N2O10/c1-19(29)7-2-3-9(22(31)32)14(24)11(7)15(25)12-8(19)4-6-5-10(23)13(18(21)28)17(27)20(6,30)16(12)26/h2-3,6,8,12,16,24,26-27,29-30H,4-5H2,1H3,(H2,21,28)/t6?,8?,12?,16?,19-,20?/m1/s1. The van der Waals surface area contributed by atoms with E-state index in [-0.39, 0.29) is 12.0 Å². The smallest absolute Gasteiger partial charge is 0.311 e. The third-order valence-corrected chi connectivity index (χ3v) is 7.13. The van der Waals surface area contributed by atoms with E-state index >= 15 is 0 Å². The number of hydrogen-bond donors (Lipinski definition) is 6. The molecule has 3 aliphatic rings. The van der Waals surface area contributed by atoms with Gasteiger partial charge in [0.25, 0.3) is 5.91 Å². The van der Waals surface area contributed by atoms with E-state index in [1.807, 2.05) is 0 Å². The summed E-state index contributed by atoms with van der Waals surface area (Å²) in [5, 5.41) is 65.7. The van der Waals surface area contributed by atoms with Gasteiger partial charge in [0.2, 0.25) is 5.75 Å². The van der Waals surface area contributed by atoms with Crippen molar-refractivity contribution in [3.8, 4) is 5.75 Å². The van der Waals surface area contributed by atoms with Gasteiger partial charge in [-0.2, -0.15) is 0 Å². The number of aliphatic hydroxyl groups excluding tert-OH is 2. The van der Waals surface area contributed by atoms with E-state index in [4.69, 9.17) is 5.73 Å². The van der Waals surface area contributed by atoms with Crippen LogP contribution < -0.4 is 5.73 Å². The lowest BCUT2D eigenvalue weighted by atomic mass is 9.51. The second-order valence-corrected chi connectivity index (χ2v) is 8.67. The third-order valence-electron chi connectivity index (χ3n) is 7.13. The molecule has 32 heavy (non-hydrogen) atoms. The average Bonchev–Trinajstić information content (AvgIpc) is 2.68. The maximum Gasteiger partial charge on any atom is 0.311 e. The molecule has 0 saturated heterocycles. The van der Waals surface area contributed by atoms with Crippen molar-refractivity contribution in [2.24, 2.45) is 23.5 Å². The van der Waals surface area contributed by atoms with Crippen molar-refractivity contribution in [1.29, 1.82) is 0 Å². The van der Waals surface area contributed by atoms with Gasteiger partial charge in [-0.05, 0) is 25.0 Å². The molecule has 6 atom stereocenters. The highest BCUT2D eigenvalue weighted by molar-refractivity contribution is 6.20. The van der Waals surface area contributed by atoms with Gasteiger partial charge in [0, 0.05) is 24.3 Å². The molecule has 170 valence electrons. The van der Waals surface area contributed by atoms with Crippen molar-refractivity contribution in [3.63, 3.8) is 0 Å². The van der Waals surface area contributed by atoms with Crippen LogP contribution in [0.3, 0.4) is 0 Å². The zero-order chi connectivity index (χ0) is 23.9. The maximum absolute atomic E-state index is 13.3. The number of nitrogens with zero attached hydrogens (tertiary/aromatic N) is 1. The van der Waals surface area contributed by atoms with Crippen LogP contribution in [-0.4, -0.2) is 59.6 Å². The number of amides is 1. The Morgan fingerprint density at radius 1 is 1.25 bits per heavy atom. The minimum atomic E-state index is -2.61. The highest BCUT2D eigenvalue weighted by Gasteiger charge is 2.66. The Morgan fingerprint density at radius 3 is 2.44 bits per heavy atom. The molecule has 0 spiro atoms. The Kier molecular flexibility index (Phi) is 4.49. The van der Waals surface area contributed by atoms with Gasteiger partial charge in [-0.25, -0.2) is 0 Å². The van der Waals surface area contributed by atoms with E-state index in [0.29, 0.717) is 0 Å². The van der Waals surface area contributed by atoms with E-state index in [1.165, 1.54) is 6.92 Å². The number of rotatable bonds is 2. The minimum absolute atomic E-state index is 0.107. The number of Topliss-reactive ketones (excluding diaryl/α,β-unsaturated/α-hetero) is 2. The predicted octanol–water partition coefficient (Wildman–Crippen LogP) is -0.681. The fraction of sp³-hybridized carbons (Fsp3) is 0.450.